The third kappa shape index (κ3) is 6.98. The molecular weight excluding hydrogens is 505 g/mol. The minimum atomic E-state index is -4.12. The van der Waals surface area contributed by atoms with Gasteiger partial charge in [0.25, 0.3) is 10.0 Å². The second-order valence-electron chi connectivity index (χ2n) is 9.25. The number of hydrogen-bond donors (Lipinski definition) is 1. The zero-order chi connectivity index (χ0) is 27.9. The van der Waals surface area contributed by atoms with E-state index in [1.807, 2.05) is 13.8 Å². The predicted octanol–water partition coefficient (Wildman–Crippen LogP) is 4.66. The number of para-hydroxylation sites is 1. The topological polar surface area (TPSA) is 86.8 Å². The van der Waals surface area contributed by atoms with Crippen molar-refractivity contribution in [3.63, 3.8) is 0 Å². The maximum Gasteiger partial charge on any atom is 0.264 e. The molecule has 0 saturated heterocycles. The molecule has 0 aliphatic heterocycles. The largest absolute Gasteiger partial charge is 0.352 e. The number of aryl methyl sites for hydroxylation is 1. The summed E-state index contributed by atoms with van der Waals surface area (Å²) in [6.07, 6.45) is 0.709. The van der Waals surface area contributed by atoms with Crippen LogP contribution in [-0.4, -0.2) is 43.8 Å². The Kier molecular flexibility index (Phi) is 9.63. The van der Waals surface area contributed by atoms with Crippen molar-refractivity contribution in [3.05, 3.63) is 95.8 Å². The molecule has 9 heteroatoms. The Morgan fingerprint density at radius 2 is 1.53 bits per heavy atom. The van der Waals surface area contributed by atoms with Crippen molar-refractivity contribution in [2.75, 3.05) is 10.8 Å². The van der Waals surface area contributed by atoms with Crippen LogP contribution in [0.5, 0.6) is 0 Å². The van der Waals surface area contributed by atoms with Gasteiger partial charge in [-0.15, -0.1) is 0 Å². The molecule has 2 amide bonds. The van der Waals surface area contributed by atoms with Gasteiger partial charge in [0.15, 0.2) is 0 Å². The zero-order valence-corrected chi connectivity index (χ0v) is 22.9. The molecule has 1 N–H and O–H groups in total. The number of hydrogen-bond acceptors (Lipinski definition) is 4. The van der Waals surface area contributed by atoms with Crippen LogP contribution in [0.1, 0.15) is 38.3 Å². The van der Waals surface area contributed by atoms with E-state index in [0.717, 1.165) is 4.31 Å². The second-order valence-corrected chi connectivity index (χ2v) is 11.1. The fourth-order valence-electron chi connectivity index (χ4n) is 3.91. The average Bonchev–Trinajstić information content (AvgIpc) is 2.91. The molecule has 3 rings (SSSR count). The molecular formula is C29H34FN3O4S. The molecule has 3 aromatic rings. The summed E-state index contributed by atoms with van der Waals surface area (Å²) in [6.45, 7) is 6.65. The molecule has 7 nitrogen and oxygen atoms in total. The highest BCUT2D eigenvalue weighted by molar-refractivity contribution is 7.92. The normalized spacial score (nSPS) is 12.9. The van der Waals surface area contributed by atoms with Gasteiger partial charge in [-0.2, -0.15) is 0 Å². The van der Waals surface area contributed by atoms with E-state index in [-0.39, 0.29) is 23.4 Å². The molecule has 2 atom stereocenters. The maximum atomic E-state index is 13.9. The lowest BCUT2D eigenvalue weighted by atomic mass is 10.1. The monoisotopic (exact) mass is 539 g/mol. The van der Waals surface area contributed by atoms with Gasteiger partial charge in [-0.1, -0.05) is 55.5 Å². The first-order valence-corrected chi connectivity index (χ1v) is 14.0. The second kappa shape index (κ2) is 12.7. The van der Waals surface area contributed by atoms with Crippen LogP contribution in [0.25, 0.3) is 0 Å². The summed E-state index contributed by atoms with van der Waals surface area (Å²) in [5.74, 6) is -1.35. The van der Waals surface area contributed by atoms with Gasteiger partial charge in [-0.05, 0) is 68.7 Å². The highest BCUT2D eigenvalue weighted by atomic mass is 32.2. The van der Waals surface area contributed by atoms with Crippen LogP contribution in [-0.2, 0) is 26.2 Å². The zero-order valence-electron chi connectivity index (χ0n) is 22.1. The molecule has 0 aliphatic rings. The molecule has 202 valence electrons. The maximum absolute atomic E-state index is 13.9. The van der Waals surface area contributed by atoms with Gasteiger partial charge in [-0.3, -0.25) is 13.9 Å². The number of nitrogens with one attached hydrogen (secondary N) is 1. The standard InChI is InChI=1S/C29H34FN3O4S/c1-5-22(3)31-29(35)23(4)32(19-24-15-17-25(30)18-16-24)28(34)20-33(27-14-10-9-11-21(27)2)38(36,37)26-12-7-6-8-13-26/h6-18,22-23H,5,19-20H2,1-4H3,(H,31,35)/t22-,23+/m0/s1. The van der Waals surface area contributed by atoms with Gasteiger partial charge in [0.2, 0.25) is 11.8 Å². The molecule has 0 radical (unpaired) electrons. The first-order chi connectivity index (χ1) is 18.0. The summed E-state index contributed by atoms with van der Waals surface area (Å²) in [5.41, 5.74) is 1.65. The van der Waals surface area contributed by atoms with Crippen LogP contribution >= 0.6 is 0 Å². The van der Waals surface area contributed by atoms with Crippen LogP contribution in [0.4, 0.5) is 10.1 Å². The molecule has 3 aromatic carbocycles. The van der Waals surface area contributed by atoms with E-state index in [1.54, 1.807) is 56.3 Å². The number of carbonyl (C=O) groups is 2. The molecule has 0 heterocycles. The fraction of sp³-hybridized carbons (Fsp3) is 0.310. The number of amides is 2. The van der Waals surface area contributed by atoms with Crippen molar-refractivity contribution in [2.45, 2.75) is 57.6 Å². The third-order valence-electron chi connectivity index (χ3n) is 6.43. The van der Waals surface area contributed by atoms with Crippen LogP contribution in [0.3, 0.4) is 0 Å². The average molecular weight is 540 g/mol. The number of sulfonamides is 1. The minimum absolute atomic E-state index is 0.00119. The minimum Gasteiger partial charge on any atom is -0.352 e. The van der Waals surface area contributed by atoms with E-state index in [2.05, 4.69) is 5.32 Å². The number of anilines is 1. The van der Waals surface area contributed by atoms with E-state index in [0.29, 0.717) is 23.2 Å². The van der Waals surface area contributed by atoms with Crippen molar-refractivity contribution in [2.24, 2.45) is 0 Å². The van der Waals surface area contributed by atoms with Gasteiger partial charge in [0, 0.05) is 12.6 Å². The lowest BCUT2D eigenvalue weighted by Crippen LogP contribution is -2.52. The Morgan fingerprint density at radius 1 is 0.921 bits per heavy atom. The van der Waals surface area contributed by atoms with Gasteiger partial charge >= 0.3 is 0 Å². The van der Waals surface area contributed by atoms with Crippen molar-refractivity contribution >= 4 is 27.5 Å². The van der Waals surface area contributed by atoms with Gasteiger partial charge < -0.3 is 10.2 Å². The third-order valence-corrected chi connectivity index (χ3v) is 8.20. The lowest BCUT2D eigenvalue weighted by molar-refractivity contribution is -0.139. The molecule has 0 saturated carbocycles. The summed E-state index contributed by atoms with van der Waals surface area (Å²) in [7, 11) is -4.12. The summed E-state index contributed by atoms with van der Waals surface area (Å²) < 4.78 is 42.1. The Morgan fingerprint density at radius 3 is 2.13 bits per heavy atom. The molecule has 0 aliphatic carbocycles. The molecule has 38 heavy (non-hydrogen) atoms. The van der Waals surface area contributed by atoms with Gasteiger partial charge in [-0.25, -0.2) is 12.8 Å². The van der Waals surface area contributed by atoms with Crippen molar-refractivity contribution in [1.29, 1.82) is 0 Å². The smallest absolute Gasteiger partial charge is 0.264 e. The molecule has 0 spiro atoms. The molecule has 0 fully saturated rings. The first kappa shape index (κ1) is 28.8. The van der Waals surface area contributed by atoms with Crippen LogP contribution in [0.15, 0.2) is 83.8 Å². The van der Waals surface area contributed by atoms with Crippen molar-refractivity contribution in [1.82, 2.24) is 10.2 Å². The fourth-order valence-corrected chi connectivity index (χ4v) is 5.41. The van der Waals surface area contributed by atoms with Gasteiger partial charge in [0.1, 0.15) is 18.4 Å². The van der Waals surface area contributed by atoms with E-state index in [9.17, 15) is 22.4 Å². The molecule has 0 unspecified atom stereocenters. The highest BCUT2D eigenvalue weighted by Gasteiger charge is 2.33. The Bertz CT molecular complexity index is 1350. The SMILES string of the molecule is CC[C@H](C)NC(=O)[C@@H](C)N(Cc1ccc(F)cc1)C(=O)CN(c1ccccc1C)S(=O)(=O)c1ccccc1. The van der Waals surface area contributed by atoms with Crippen LogP contribution < -0.4 is 9.62 Å². The Labute approximate surface area is 224 Å². The Hall–Kier alpha value is -3.72. The summed E-state index contributed by atoms with van der Waals surface area (Å²) >= 11 is 0. The first-order valence-electron chi connectivity index (χ1n) is 12.5. The van der Waals surface area contributed by atoms with Crippen molar-refractivity contribution in [3.8, 4) is 0 Å². The lowest BCUT2D eigenvalue weighted by Gasteiger charge is -2.33. The molecule has 0 bridgehead atoms. The molecule has 0 aromatic heterocycles. The van der Waals surface area contributed by atoms with Crippen LogP contribution in [0, 0.1) is 12.7 Å². The highest BCUT2D eigenvalue weighted by Crippen LogP contribution is 2.27. The van der Waals surface area contributed by atoms with E-state index >= 15 is 0 Å². The Balaban J connectivity index is 2.02. The summed E-state index contributed by atoms with van der Waals surface area (Å²) in [6, 6.07) is 19.4. The summed E-state index contributed by atoms with van der Waals surface area (Å²) in [5, 5.41) is 2.89. The van der Waals surface area contributed by atoms with Crippen LogP contribution in [0.2, 0.25) is 0 Å². The number of rotatable bonds is 11. The van der Waals surface area contributed by atoms with E-state index < -0.39 is 34.3 Å². The van der Waals surface area contributed by atoms with E-state index in [4.69, 9.17) is 0 Å². The number of nitrogens with zero attached hydrogens (tertiary/aromatic N) is 2. The van der Waals surface area contributed by atoms with E-state index in [1.165, 1.54) is 41.3 Å². The number of halogens is 1. The predicted molar refractivity (Wildman–Crippen MR) is 146 cm³/mol. The van der Waals surface area contributed by atoms with Gasteiger partial charge in [0.05, 0.1) is 10.6 Å². The van der Waals surface area contributed by atoms with Crippen molar-refractivity contribution < 1.29 is 22.4 Å². The summed E-state index contributed by atoms with van der Waals surface area (Å²) in [4.78, 5) is 28.3. The number of carbonyl (C=O) groups excluding carboxylic acids is 2. The quantitative estimate of drug-likeness (QED) is 0.384. The number of benzene rings is 3.